The fourth-order valence-corrected chi connectivity index (χ4v) is 3.79. The van der Waals surface area contributed by atoms with Gasteiger partial charge in [0.2, 0.25) is 0 Å². The SMILES string of the molecule is CC.CCC1(CC)C(c2ccccn2)=C(C)c2ccccc21.CCF. The molecular weight excluding hydrogens is 309 g/mol. The molecule has 1 nitrogen and oxygen atoms in total. The van der Waals surface area contributed by atoms with E-state index in [2.05, 4.69) is 62.2 Å². The number of pyridine rings is 1. The van der Waals surface area contributed by atoms with Crippen molar-refractivity contribution < 1.29 is 4.39 Å². The maximum Gasteiger partial charge on any atom is 0.0866 e. The maximum atomic E-state index is 10.3. The van der Waals surface area contributed by atoms with Crippen LogP contribution in [0.25, 0.3) is 11.1 Å². The van der Waals surface area contributed by atoms with Crippen LogP contribution in [-0.4, -0.2) is 11.7 Å². The van der Waals surface area contributed by atoms with Gasteiger partial charge in [-0.25, -0.2) is 0 Å². The van der Waals surface area contributed by atoms with Gasteiger partial charge in [0.15, 0.2) is 0 Å². The van der Waals surface area contributed by atoms with Crippen molar-refractivity contribution >= 4 is 11.1 Å². The summed E-state index contributed by atoms with van der Waals surface area (Å²) in [6.07, 6.45) is 4.13. The van der Waals surface area contributed by atoms with Crippen LogP contribution in [0.1, 0.15) is 71.2 Å². The highest BCUT2D eigenvalue weighted by molar-refractivity contribution is 6.00. The fraction of sp³-hybridized carbons (Fsp3) is 0.435. The molecule has 0 saturated carbocycles. The van der Waals surface area contributed by atoms with Gasteiger partial charge in [0.05, 0.1) is 12.4 Å². The van der Waals surface area contributed by atoms with Gasteiger partial charge in [-0.15, -0.1) is 0 Å². The van der Waals surface area contributed by atoms with Gasteiger partial charge in [-0.05, 0) is 61.1 Å². The minimum Gasteiger partial charge on any atom is -0.257 e. The first-order valence-electron chi connectivity index (χ1n) is 9.44. The van der Waals surface area contributed by atoms with E-state index < -0.39 is 0 Å². The van der Waals surface area contributed by atoms with Crippen molar-refractivity contribution in [2.75, 3.05) is 6.67 Å². The van der Waals surface area contributed by atoms with Crippen LogP contribution in [0.3, 0.4) is 0 Å². The molecule has 1 aromatic heterocycles. The summed E-state index contributed by atoms with van der Waals surface area (Å²) < 4.78 is 10.3. The van der Waals surface area contributed by atoms with Crippen LogP contribution in [-0.2, 0) is 5.41 Å². The highest BCUT2D eigenvalue weighted by Crippen LogP contribution is 2.54. The molecule has 1 heterocycles. The topological polar surface area (TPSA) is 12.9 Å². The Kier molecular flexibility index (Phi) is 8.54. The minimum absolute atomic E-state index is 0.120. The molecule has 2 aromatic rings. The Morgan fingerprint density at radius 2 is 1.48 bits per heavy atom. The lowest BCUT2D eigenvalue weighted by Gasteiger charge is -2.32. The predicted octanol–water partition coefficient (Wildman–Crippen LogP) is 7.09. The van der Waals surface area contributed by atoms with Crippen molar-refractivity contribution in [1.29, 1.82) is 0 Å². The molecule has 0 bridgehead atoms. The number of rotatable bonds is 3. The minimum atomic E-state index is -0.250. The molecule has 2 heteroatoms. The molecule has 0 N–H and O–H groups in total. The van der Waals surface area contributed by atoms with Crippen LogP contribution in [0.15, 0.2) is 48.7 Å². The average molecular weight is 342 g/mol. The van der Waals surface area contributed by atoms with Crippen molar-refractivity contribution in [3.05, 3.63) is 65.5 Å². The molecule has 0 amide bonds. The maximum absolute atomic E-state index is 10.3. The van der Waals surface area contributed by atoms with Gasteiger partial charge in [0, 0.05) is 11.6 Å². The first-order valence-corrected chi connectivity index (χ1v) is 9.44. The van der Waals surface area contributed by atoms with E-state index in [0.717, 1.165) is 18.5 Å². The van der Waals surface area contributed by atoms with E-state index in [1.165, 1.54) is 29.2 Å². The quantitative estimate of drug-likeness (QED) is 0.581. The molecule has 1 aromatic carbocycles. The molecule has 0 radical (unpaired) electrons. The van der Waals surface area contributed by atoms with Crippen molar-refractivity contribution in [1.82, 2.24) is 4.98 Å². The zero-order valence-electron chi connectivity index (χ0n) is 16.6. The number of allylic oxidation sites excluding steroid dienone is 2. The first-order chi connectivity index (χ1) is 12.2. The second-order valence-corrected chi connectivity index (χ2v) is 5.82. The Morgan fingerprint density at radius 1 is 0.920 bits per heavy atom. The van der Waals surface area contributed by atoms with Crippen LogP contribution in [0.2, 0.25) is 0 Å². The first kappa shape index (κ1) is 21.1. The summed E-state index contributed by atoms with van der Waals surface area (Å²) in [5, 5.41) is 0. The van der Waals surface area contributed by atoms with E-state index in [4.69, 9.17) is 0 Å². The Bertz CT molecular complexity index is 670. The summed E-state index contributed by atoms with van der Waals surface area (Å²) in [6.45, 7) is 12.0. The number of aromatic nitrogens is 1. The van der Waals surface area contributed by atoms with Gasteiger partial charge >= 0.3 is 0 Å². The Labute approximate surface area is 153 Å². The van der Waals surface area contributed by atoms with Crippen molar-refractivity contribution in [2.24, 2.45) is 0 Å². The number of hydrogen-bond donors (Lipinski definition) is 0. The number of hydrogen-bond acceptors (Lipinski definition) is 1. The van der Waals surface area contributed by atoms with Gasteiger partial charge in [0.25, 0.3) is 0 Å². The molecule has 0 atom stereocenters. The predicted molar refractivity (Wildman–Crippen MR) is 108 cm³/mol. The Hall–Kier alpha value is -1.96. The van der Waals surface area contributed by atoms with Gasteiger partial charge in [-0.1, -0.05) is 58.0 Å². The number of alkyl halides is 1. The van der Waals surface area contributed by atoms with Crippen molar-refractivity contribution in [3.8, 4) is 0 Å². The van der Waals surface area contributed by atoms with E-state index in [0.29, 0.717) is 0 Å². The van der Waals surface area contributed by atoms with Crippen LogP contribution < -0.4 is 0 Å². The molecule has 136 valence electrons. The summed E-state index contributed by atoms with van der Waals surface area (Å²) in [4.78, 5) is 4.63. The normalized spacial score (nSPS) is 14.0. The van der Waals surface area contributed by atoms with E-state index in [1.54, 1.807) is 0 Å². The van der Waals surface area contributed by atoms with E-state index in [9.17, 15) is 4.39 Å². The largest absolute Gasteiger partial charge is 0.257 e. The van der Waals surface area contributed by atoms with Gasteiger partial charge in [-0.3, -0.25) is 9.37 Å². The van der Waals surface area contributed by atoms with E-state index in [-0.39, 0.29) is 12.1 Å². The molecule has 0 fully saturated rings. The lowest BCUT2D eigenvalue weighted by Crippen LogP contribution is -2.24. The monoisotopic (exact) mass is 341 g/mol. The zero-order chi connectivity index (χ0) is 18.9. The second-order valence-electron chi connectivity index (χ2n) is 5.82. The summed E-state index contributed by atoms with van der Waals surface area (Å²) in [5.74, 6) is 0. The van der Waals surface area contributed by atoms with Crippen molar-refractivity contribution in [3.63, 3.8) is 0 Å². The third-order valence-corrected chi connectivity index (χ3v) is 4.83. The third kappa shape index (κ3) is 4.00. The average Bonchev–Trinajstić information content (AvgIpc) is 2.94. The summed E-state index contributed by atoms with van der Waals surface area (Å²) in [6, 6.07) is 15.1. The number of benzene rings is 1. The number of halogens is 1. The van der Waals surface area contributed by atoms with E-state index >= 15 is 0 Å². The Balaban J connectivity index is 0.000000567. The van der Waals surface area contributed by atoms with Crippen molar-refractivity contribution in [2.45, 2.75) is 59.8 Å². The molecule has 25 heavy (non-hydrogen) atoms. The summed E-state index contributed by atoms with van der Waals surface area (Å²) in [7, 11) is 0. The molecular formula is C23H32FN. The highest BCUT2D eigenvalue weighted by atomic mass is 19.1. The fourth-order valence-electron chi connectivity index (χ4n) is 3.79. The Morgan fingerprint density at radius 3 is 2.00 bits per heavy atom. The number of nitrogens with zero attached hydrogens (tertiary/aromatic N) is 1. The standard InChI is InChI=1S/C19H21N.C2H5F.C2H6/c1-4-19(5-2)16-11-7-6-10-15(16)14(3)18(19)17-12-8-9-13-20-17;1-2-3;1-2/h6-13H,4-5H2,1-3H3;2H2,1H3;1-2H3. The van der Waals surface area contributed by atoms with Gasteiger partial charge in [0.1, 0.15) is 0 Å². The molecule has 0 spiro atoms. The molecule has 0 aliphatic heterocycles. The molecule has 3 rings (SSSR count). The second kappa shape index (κ2) is 10.1. The van der Waals surface area contributed by atoms with Crippen LogP contribution in [0, 0.1) is 0 Å². The van der Waals surface area contributed by atoms with Gasteiger partial charge in [-0.2, -0.15) is 0 Å². The molecule has 1 aliphatic rings. The van der Waals surface area contributed by atoms with Crippen LogP contribution in [0.5, 0.6) is 0 Å². The lowest BCUT2D eigenvalue weighted by molar-refractivity contribution is 0.520. The highest BCUT2D eigenvalue weighted by Gasteiger charge is 2.41. The zero-order valence-corrected chi connectivity index (χ0v) is 16.6. The number of fused-ring (bicyclic) bond motifs is 1. The molecule has 0 unspecified atom stereocenters. The lowest BCUT2D eigenvalue weighted by atomic mass is 9.72. The molecule has 0 saturated heterocycles. The summed E-state index contributed by atoms with van der Waals surface area (Å²) >= 11 is 0. The summed E-state index contributed by atoms with van der Waals surface area (Å²) in [5.41, 5.74) is 6.94. The smallest absolute Gasteiger partial charge is 0.0866 e. The molecule has 1 aliphatic carbocycles. The van der Waals surface area contributed by atoms with Crippen LogP contribution in [0.4, 0.5) is 4.39 Å². The van der Waals surface area contributed by atoms with Gasteiger partial charge < -0.3 is 0 Å². The third-order valence-electron chi connectivity index (χ3n) is 4.83. The van der Waals surface area contributed by atoms with Crippen LogP contribution >= 0.6 is 0 Å². The van der Waals surface area contributed by atoms with E-state index in [1.807, 2.05) is 26.1 Å².